The Labute approximate surface area is 112 Å². The second-order valence-corrected chi connectivity index (χ2v) is 5.35. The van der Waals surface area contributed by atoms with E-state index >= 15 is 0 Å². The number of rotatable bonds is 4. The van der Waals surface area contributed by atoms with Crippen LogP contribution in [0.2, 0.25) is 0 Å². The standard InChI is InChI=1S/C15H17NO3/c17-13-7-6-12(16-13)10-19-14(18)15(8-9-15)11-4-2-1-3-5-11/h1-5,12H,6-10H2,(H,16,17). The molecule has 1 aromatic rings. The molecule has 100 valence electrons. The predicted octanol–water partition coefficient (Wildman–Crippen LogP) is 1.54. The van der Waals surface area contributed by atoms with E-state index in [1.54, 1.807) is 0 Å². The Hall–Kier alpha value is -1.84. The molecular weight excluding hydrogens is 242 g/mol. The van der Waals surface area contributed by atoms with Crippen molar-refractivity contribution in [2.75, 3.05) is 6.61 Å². The molecule has 0 radical (unpaired) electrons. The summed E-state index contributed by atoms with van der Waals surface area (Å²) in [6, 6.07) is 9.78. The molecule has 4 nitrogen and oxygen atoms in total. The summed E-state index contributed by atoms with van der Waals surface area (Å²) >= 11 is 0. The van der Waals surface area contributed by atoms with Crippen molar-refractivity contribution in [1.29, 1.82) is 0 Å². The van der Waals surface area contributed by atoms with E-state index in [0.29, 0.717) is 13.0 Å². The second-order valence-electron chi connectivity index (χ2n) is 5.35. The molecule has 1 amide bonds. The quantitative estimate of drug-likeness (QED) is 0.834. The molecule has 1 aliphatic carbocycles. The fraction of sp³-hybridized carbons (Fsp3) is 0.467. The van der Waals surface area contributed by atoms with Crippen molar-refractivity contribution in [2.24, 2.45) is 0 Å². The van der Waals surface area contributed by atoms with E-state index < -0.39 is 5.41 Å². The van der Waals surface area contributed by atoms with Crippen LogP contribution in [0.5, 0.6) is 0 Å². The van der Waals surface area contributed by atoms with Crippen LogP contribution < -0.4 is 5.32 Å². The van der Waals surface area contributed by atoms with Gasteiger partial charge < -0.3 is 10.1 Å². The summed E-state index contributed by atoms with van der Waals surface area (Å²) in [4.78, 5) is 23.3. The maximum atomic E-state index is 12.2. The summed E-state index contributed by atoms with van der Waals surface area (Å²) < 4.78 is 5.40. The summed E-state index contributed by atoms with van der Waals surface area (Å²) in [5.74, 6) is -0.106. The number of hydrogen-bond donors (Lipinski definition) is 1. The van der Waals surface area contributed by atoms with Gasteiger partial charge in [0, 0.05) is 6.42 Å². The third-order valence-electron chi connectivity index (χ3n) is 3.97. The van der Waals surface area contributed by atoms with Gasteiger partial charge in [0.15, 0.2) is 0 Å². The Bertz CT molecular complexity index is 493. The van der Waals surface area contributed by atoms with Gasteiger partial charge in [0.2, 0.25) is 5.91 Å². The Morgan fingerprint density at radius 2 is 2.05 bits per heavy atom. The normalized spacial score (nSPS) is 23.8. The number of esters is 1. The van der Waals surface area contributed by atoms with E-state index in [4.69, 9.17) is 4.74 Å². The summed E-state index contributed by atoms with van der Waals surface area (Å²) in [5, 5.41) is 2.80. The van der Waals surface area contributed by atoms with Crippen LogP contribution in [0, 0.1) is 0 Å². The molecule has 2 aliphatic rings. The van der Waals surface area contributed by atoms with Crippen LogP contribution in [0.15, 0.2) is 30.3 Å². The van der Waals surface area contributed by atoms with Crippen LogP contribution in [-0.2, 0) is 19.7 Å². The summed E-state index contributed by atoms with van der Waals surface area (Å²) in [6.07, 6.45) is 3.00. The number of carbonyl (C=O) groups excluding carboxylic acids is 2. The minimum atomic E-state index is -0.427. The molecule has 3 rings (SSSR count). The number of ether oxygens (including phenoxy) is 1. The van der Waals surface area contributed by atoms with Crippen LogP contribution in [0.1, 0.15) is 31.2 Å². The van der Waals surface area contributed by atoms with Gasteiger partial charge in [-0.05, 0) is 24.8 Å². The van der Waals surface area contributed by atoms with Crippen LogP contribution in [0.4, 0.5) is 0 Å². The molecule has 1 unspecified atom stereocenters. The molecule has 1 aliphatic heterocycles. The number of hydrogen-bond acceptors (Lipinski definition) is 3. The number of nitrogens with one attached hydrogen (secondary N) is 1. The van der Waals surface area contributed by atoms with Crippen molar-refractivity contribution in [2.45, 2.75) is 37.1 Å². The van der Waals surface area contributed by atoms with Gasteiger partial charge in [-0.3, -0.25) is 9.59 Å². The van der Waals surface area contributed by atoms with E-state index in [-0.39, 0.29) is 17.9 Å². The van der Waals surface area contributed by atoms with Gasteiger partial charge in [-0.25, -0.2) is 0 Å². The third-order valence-corrected chi connectivity index (χ3v) is 3.97. The Morgan fingerprint density at radius 1 is 1.32 bits per heavy atom. The molecule has 1 aromatic carbocycles. The van der Waals surface area contributed by atoms with Gasteiger partial charge >= 0.3 is 5.97 Å². The lowest BCUT2D eigenvalue weighted by atomic mass is 9.96. The first-order chi connectivity index (χ1) is 9.21. The zero-order chi connectivity index (χ0) is 13.3. The SMILES string of the molecule is O=C1CCC(COC(=O)C2(c3ccccc3)CC2)N1. The van der Waals surface area contributed by atoms with E-state index in [1.165, 1.54) is 0 Å². The van der Waals surface area contributed by atoms with Crippen molar-refractivity contribution in [3.63, 3.8) is 0 Å². The monoisotopic (exact) mass is 259 g/mol. The summed E-state index contributed by atoms with van der Waals surface area (Å²) in [6.45, 7) is 0.291. The molecule has 0 spiro atoms. The van der Waals surface area contributed by atoms with Crippen molar-refractivity contribution < 1.29 is 14.3 Å². The highest BCUT2D eigenvalue weighted by Gasteiger charge is 2.52. The predicted molar refractivity (Wildman–Crippen MR) is 69.5 cm³/mol. The topological polar surface area (TPSA) is 55.4 Å². The Kier molecular flexibility index (Phi) is 3.01. The van der Waals surface area contributed by atoms with E-state index in [0.717, 1.165) is 24.8 Å². The molecule has 1 heterocycles. The summed E-state index contributed by atoms with van der Waals surface area (Å²) in [7, 11) is 0. The Morgan fingerprint density at radius 3 is 2.63 bits per heavy atom. The molecule has 4 heteroatoms. The highest BCUT2D eigenvalue weighted by molar-refractivity contribution is 5.86. The van der Waals surface area contributed by atoms with Gasteiger partial charge in [-0.1, -0.05) is 30.3 Å². The Balaban J connectivity index is 1.60. The first kappa shape index (κ1) is 12.2. The first-order valence-electron chi connectivity index (χ1n) is 6.73. The molecule has 2 fully saturated rings. The number of amides is 1. The number of benzene rings is 1. The molecule has 0 bridgehead atoms. The van der Waals surface area contributed by atoms with Crippen LogP contribution in [-0.4, -0.2) is 24.5 Å². The molecular formula is C15H17NO3. The average molecular weight is 259 g/mol. The first-order valence-corrected chi connectivity index (χ1v) is 6.73. The molecule has 19 heavy (non-hydrogen) atoms. The molecule has 1 atom stereocenters. The summed E-state index contributed by atoms with van der Waals surface area (Å²) in [5.41, 5.74) is 0.611. The zero-order valence-corrected chi connectivity index (χ0v) is 10.7. The van der Waals surface area contributed by atoms with Gasteiger partial charge in [-0.15, -0.1) is 0 Å². The molecule has 1 saturated carbocycles. The fourth-order valence-corrected chi connectivity index (χ4v) is 2.61. The average Bonchev–Trinajstić information content (AvgIpc) is 3.15. The van der Waals surface area contributed by atoms with Gasteiger partial charge in [0.05, 0.1) is 11.5 Å². The second kappa shape index (κ2) is 4.68. The fourth-order valence-electron chi connectivity index (χ4n) is 2.61. The van der Waals surface area contributed by atoms with Crippen molar-refractivity contribution in [3.05, 3.63) is 35.9 Å². The highest BCUT2D eigenvalue weighted by Crippen LogP contribution is 2.49. The minimum Gasteiger partial charge on any atom is -0.463 e. The lowest BCUT2D eigenvalue weighted by Crippen LogP contribution is -2.33. The third kappa shape index (κ3) is 2.35. The smallest absolute Gasteiger partial charge is 0.316 e. The van der Waals surface area contributed by atoms with Crippen LogP contribution in [0.25, 0.3) is 0 Å². The lowest BCUT2D eigenvalue weighted by Gasteiger charge is -2.17. The molecule has 0 aromatic heterocycles. The maximum Gasteiger partial charge on any atom is 0.316 e. The van der Waals surface area contributed by atoms with Gasteiger partial charge in [-0.2, -0.15) is 0 Å². The molecule has 1 N–H and O–H groups in total. The van der Waals surface area contributed by atoms with E-state index in [2.05, 4.69) is 5.32 Å². The van der Waals surface area contributed by atoms with Gasteiger partial charge in [0.25, 0.3) is 0 Å². The van der Waals surface area contributed by atoms with E-state index in [1.807, 2.05) is 30.3 Å². The van der Waals surface area contributed by atoms with Crippen LogP contribution in [0.3, 0.4) is 0 Å². The van der Waals surface area contributed by atoms with Crippen molar-refractivity contribution in [1.82, 2.24) is 5.32 Å². The van der Waals surface area contributed by atoms with Gasteiger partial charge in [0.1, 0.15) is 6.61 Å². The van der Waals surface area contributed by atoms with Crippen molar-refractivity contribution in [3.8, 4) is 0 Å². The van der Waals surface area contributed by atoms with Crippen LogP contribution >= 0.6 is 0 Å². The van der Waals surface area contributed by atoms with Crippen molar-refractivity contribution >= 4 is 11.9 Å². The number of carbonyl (C=O) groups is 2. The highest BCUT2D eigenvalue weighted by atomic mass is 16.5. The molecule has 1 saturated heterocycles. The largest absolute Gasteiger partial charge is 0.463 e. The minimum absolute atomic E-state index is 0.0111. The lowest BCUT2D eigenvalue weighted by molar-refractivity contribution is -0.147. The maximum absolute atomic E-state index is 12.2. The van der Waals surface area contributed by atoms with E-state index in [9.17, 15) is 9.59 Å². The zero-order valence-electron chi connectivity index (χ0n) is 10.7.